The minimum absolute atomic E-state index is 0.0689. The van der Waals surface area contributed by atoms with Crippen LogP contribution in [0.2, 0.25) is 5.02 Å². The first-order chi connectivity index (χ1) is 23.7. The molecule has 0 N–H and O–H groups in total. The Balaban J connectivity index is 1.42. The van der Waals surface area contributed by atoms with Gasteiger partial charge in [-0.25, -0.2) is 4.98 Å². The van der Waals surface area contributed by atoms with Gasteiger partial charge in [0.1, 0.15) is 17.3 Å². The van der Waals surface area contributed by atoms with E-state index in [0.717, 1.165) is 6.42 Å². The maximum atomic E-state index is 14.3. The van der Waals surface area contributed by atoms with Crippen molar-refractivity contribution in [3.05, 3.63) is 119 Å². The van der Waals surface area contributed by atoms with Crippen molar-refractivity contribution >= 4 is 34.2 Å². The second kappa shape index (κ2) is 16.5. The highest BCUT2D eigenvalue weighted by Crippen LogP contribution is 2.28. The SMILES string of the molecule is C=CN(/C=C\CC)CC(=O)c1ccc(OC(C)C)c(-n2c(CN3CCN(C(=O)COc4ccc(Cl)cc4)CC3)nc3ccccc3c2=O)c1. The molecule has 3 aromatic carbocycles. The van der Waals surface area contributed by atoms with E-state index in [9.17, 15) is 14.4 Å². The average molecular weight is 684 g/mol. The average Bonchev–Trinajstić information content (AvgIpc) is 3.10. The summed E-state index contributed by atoms with van der Waals surface area (Å²) in [7, 11) is 0. The molecule has 0 atom stereocenters. The zero-order chi connectivity index (χ0) is 34.9. The Morgan fingerprint density at radius 2 is 1.78 bits per heavy atom. The molecule has 10 nitrogen and oxygen atoms in total. The molecule has 1 aliphatic rings. The lowest BCUT2D eigenvalue weighted by Crippen LogP contribution is -2.50. The van der Waals surface area contributed by atoms with Crippen molar-refractivity contribution in [2.24, 2.45) is 0 Å². The molecule has 1 fully saturated rings. The van der Waals surface area contributed by atoms with Crippen LogP contribution in [0.1, 0.15) is 43.4 Å². The number of carbonyl (C=O) groups excluding carboxylic acids is 2. The summed E-state index contributed by atoms with van der Waals surface area (Å²) in [5.41, 5.74) is 1.20. The first-order valence-corrected chi connectivity index (χ1v) is 16.8. The van der Waals surface area contributed by atoms with Gasteiger partial charge in [0.25, 0.3) is 11.5 Å². The fourth-order valence-electron chi connectivity index (χ4n) is 5.55. The Hall–Kier alpha value is -4.93. The van der Waals surface area contributed by atoms with E-state index >= 15 is 0 Å². The summed E-state index contributed by atoms with van der Waals surface area (Å²) in [4.78, 5) is 51.3. The van der Waals surface area contributed by atoms with Crippen molar-refractivity contribution in [1.29, 1.82) is 0 Å². The molecule has 0 aliphatic carbocycles. The fraction of sp³-hybridized carbons (Fsp3) is 0.316. The number of hydrogen-bond donors (Lipinski definition) is 0. The number of carbonyl (C=O) groups is 2. The molecule has 5 rings (SSSR count). The third-order valence-corrected chi connectivity index (χ3v) is 8.34. The zero-order valence-electron chi connectivity index (χ0n) is 28.2. The van der Waals surface area contributed by atoms with Crippen LogP contribution in [-0.2, 0) is 11.3 Å². The summed E-state index contributed by atoms with van der Waals surface area (Å²) in [5, 5.41) is 1.05. The van der Waals surface area contributed by atoms with Crippen molar-refractivity contribution in [3.63, 3.8) is 0 Å². The highest BCUT2D eigenvalue weighted by Gasteiger charge is 2.25. The Bertz CT molecular complexity index is 1880. The number of nitrogens with zero attached hydrogens (tertiary/aromatic N) is 5. The summed E-state index contributed by atoms with van der Waals surface area (Å²) in [5.74, 6) is 1.31. The number of benzene rings is 3. The lowest BCUT2D eigenvalue weighted by Gasteiger charge is -2.34. The number of ether oxygens (including phenoxy) is 2. The van der Waals surface area contributed by atoms with E-state index < -0.39 is 0 Å². The number of hydrogen-bond acceptors (Lipinski definition) is 8. The Morgan fingerprint density at radius 1 is 1.04 bits per heavy atom. The fourth-order valence-corrected chi connectivity index (χ4v) is 5.68. The number of halogens is 1. The van der Waals surface area contributed by atoms with E-state index in [1.807, 2.05) is 51.2 Å². The molecular weight excluding hydrogens is 642 g/mol. The molecule has 0 unspecified atom stereocenters. The molecule has 49 heavy (non-hydrogen) atoms. The van der Waals surface area contributed by atoms with Crippen LogP contribution < -0.4 is 15.0 Å². The first-order valence-electron chi connectivity index (χ1n) is 16.4. The second-order valence-electron chi connectivity index (χ2n) is 12.0. The Morgan fingerprint density at radius 3 is 2.47 bits per heavy atom. The van der Waals surface area contributed by atoms with Crippen molar-refractivity contribution in [3.8, 4) is 17.2 Å². The molecule has 1 aliphatic heterocycles. The van der Waals surface area contributed by atoms with Crippen LogP contribution in [0.4, 0.5) is 0 Å². The van der Waals surface area contributed by atoms with Gasteiger partial charge in [0, 0.05) is 36.8 Å². The van der Waals surface area contributed by atoms with Crippen LogP contribution in [0.5, 0.6) is 11.5 Å². The third kappa shape index (κ3) is 8.95. The summed E-state index contributed by atoms with van der Waals surface area (Å²) >= 11 is 5.95. The van der Waals surface area contributed by atoms with Crippen molar-refractivity contribution in [2.75, 3.05) is 39.3 Å². The largest absolute Gasteiger partial charge is 0.489 e. The minimum Gasteiger partial charge on any atom is -0.489 e. The van der Waals surface area contributed by atoms with Crippen LogP contribution in [0.25, 0.3) is 16.6 Å². The number of piperazine rings is 1. The molecule has 0 saturated carbocycles. The van der Waals surface area contributed by atoms with Crippen molar-refractivity contribution in [1.82, 2.24) is 24.3 Å². The van der Waals surface area contributed by atoms with Gasteiger partial charge in [-0.1, -0.05) is 43.3 Å². The van der Waals surface area contributed by atoms with Crippen LogP contribution in [0, 0.1) is 0 Å². The predicted molar refractivity (Wildman–Crippen MR) is 193 cm³/mol. The van der Waals surface area contributed by atoms with Gasteiger partial charge in [0.2, 0.25) is 0 Å². The lowest BCUT2D eigenvalue weighted by atomic mass is 10.1. The molecule has 1 amide bonds. The van der Waals surface area contributed by atoms with Gasteiger partial charge in [-0.2, -0.15) is 0 Å². The molecule has 1 saturated heterocycles. The molecule has 11 heteroatoms. The molecule has 2 heterocycles. The van der Waals surface area contributed by atoms with Gasteiger partial charge in [-0.05, 0) is 87.3 Å². The van der Waals surface area contributed by atoms with Gasteiger partial charge in [-0.15, -0.1) is 0 Å². The van der Waals surface area contributed by atoms with Crippen molar-refractivity contribution < 1.29 is 19.1 Å². The topological polar surface area (TPSA) is 97.2 Å². The monoisotopic (exact) mass is 683 g/mol. The van der Waals surface area contributed by atoms with E-state index in [4.69, 9.17) is 26.1 Å². The molecule has 0 bridgehead atoms. The number of amides is 1. The summed E-state index contributed by atoms with van der Waals surface area (Å²) in [6.45, 7) is 12.2. The van der Waals surface area contributed by atoms with Gasteiger partial charge >= 0.3 is 0 Å². The van der Waals surface area contributed by atoms with Crippen LogP contribution in [0.3, 0.4) is 0 Å². The molecule has 256 valence electrons. The minimum atomic E-state index is -0.259. The van der Waals surface area contributed by atoms with Gasteiger partial charge in [0.05, 0.1) is 35.8 Å². The highest BCUT2D eigenvalue weighted by atomic mass is 35.5. The van der Waals surface area contributed by atoms with Crippen molar-refractivity contribution in [2.45, 2.75) is 39.8 Å². The number of rotatable bonds is 14. The molecule has 0 spiro atoms. The zero-order valence-corrected chi connectivity index (χ0v) is 28.9. The number of ketones is 1. The van der Waals surface area contributed by atoms with E-state index in [1.54, 1.807) is 69.1 Å². The molecule has 1 aromatic heterocycles. The number of allylic oxidation sites excluding steroid dienone is 1. The normalized spacial score (nSPS) is 13.6. The summed E-state index contributed by atoms with van der Waals surface area (Å²) < 4.78 is 13.4. The standard InChI is InChI=1S/C38H42ClN5O5/c1-5-7-18-41(6-2)24-34(45)28-12-17-35(49-27(3)4)33(23-28)44-36(40-32-11-9-8-10-31(32)38(44)47)25-42-19-21-43(22-20-42)37(46)26-48-30-15-13-29(39)14-16-30/h6-18,23,27H,2,5,19-22,24-26H2,1,3-4H3/b18-7-. The van der Waals surface area contributed by atoms with Gasteiger partial charge in [-0.3, -0.25) is 23.9 Å². The lowest BCUT2D eigenvalue weighted by molar-refractivity contribution is -0.135. The Kier molecular flexibility index (Phi) is 11.9. The quantitative estimate of drug-likeness (QED) is 0.147. The molecular formula is C38H42ClN5O5. The predicted octanol–water partition coefficient (Wildman–Crippen LogP) is 6.10. The second-order valence-corrected chi connectivity index (χ2v) is 12.4. The third-order valence-electron chi connectivity index (χ3n) is 8.09. The van der Waals surface area contributed by atoms with E-state index in [1.165, 1.54) is 0 Å². The summed E-state index contributed by atoms with van der Waals surface area (Å²) in [6, 6.07) is 19.3. The number of para-hydroxylation sites is 1. The number of fused-ring (bicyclic) bond motifs is 1. The smallest absolute Gasteiger partial charge is 0.266 e. The Labute approximate surface area is 291 Å². The maximum Gasteiger partial charge on any atom is 0.266 e. The maximum absolute atomic E-state index is 14.3. The van der Waals surface area contributed by atoms with E-state index in [2.05, 4.69) is 11.5 Å². The molecule has 4 aromatic rings. The van der Waals surface area contributed by atoms with Gasteiger partial charge < -0.3 is 19.3 Å². The van der Waals surface area contributed by atoms with E-state index in [0.29, 0.717) is 77.2 Å². The summed E-state index contributed by atoms with van der Waals surface area (Å²) in [6.07, 6.45) is 6.04. The van der Waals surface area contributed by atoms with Crippen LogP contribution in [0.15, 0.2) is 96.6 Å². The molecule has 0 radical (unpaired) electrons. The van der Waals surface area contributed by atoms with E-state index in [-0.39, 0.29) is 36.5 Å². The number of aromatic nitrogens is 2. The van der Waals surface area contributed by atoms with Crippen LogP contribution in [-0.4, -0.2) is 81.4 Å². The number of Topliss-reactive ketones (excluding diaryl/α,β-unsaturated/α-hetero) is 1. The highest BCUT2D eigenvalue weighted by molar-refractivity contribution is 6.30. The van der Waals surface area contributed by atoms with Gasteiger partial charge in [0.15, 0.2) is 12.4 Å². The first kappa shape index (κ1) is 35.4. The van der Waals surface area contributed by atoms with Crippen LogP contribution >= 0.6 is 11.6 Å².